The quantitative estimate of drug-likeness (QED) is 0.616. The van der Waals surface area contributed by atoms with E-state index in [1.807, 2.05) is 12.2 Å². The smallest absolute Gasteiger partial charge is 0.408 e. The molecule has 2 aliphatic rings. The molecule has 2 rings (SSSR count). The van der Waals surface area contributed by atoms with Crippen molar-refractivity contribution in [3.05, 3.63) is 12.2 Å². The second-order valence-electron chi connectivity index (χ2n) is 5.27. The minimum absolute atomic E-state index is 0.0368. The average molecular weight is 269 g/mol. The van der Waals surface area contributed by atoms with Crippen LogP contribution in [0.15, 0.2) is 12.2 Å². The van der Waals surface area contributed by atoms with Crippen LogP contribution in [-0.4, -0.2) is 42.6 Å². The summed E-state index contributed by atoms with van der Waals surface area (Å²) in [5, 5.41) is 9.22. The lowest BCUT2D eigenvalue weighted by atomic mass is 10.1. The van der Waals surface area contributed by atoms with E-state index in [9.17, 15) is 9.90 Å². The summed E-state index contributed by atoms with van der Waals surface area (Å²) in [6.07, 6.45) is 4.11. The van der Waals surface area contributed by atoms with Crippen LogP contribution in [0.3, 0.4) is 0 Å². The molecule has 2 bridgehead atoms. The number of hydrogen-bond donors (Lipinski definition) is 1. The van der Waals surface area contributed by atoms with Crippen LogP contribution in [0, 0.1) is 0 Å². The molecule has 3 atom stereocenters. The summed E-state index contributed by atoms with van der Waals surface area (Å²) in [5.41, 5.74) is 0. The van der Waals surface area contributed by atoms with Gasteiger partial charge in [0, 0.05) is 0 Å². The summed E-state index contributed by atoms with van der Waals surface area (Å²) in [4.78, 5) is 12.8. The first-order chi connectivity index (χ1) is 8.56. The van der Waals surface area contributed by atoms with Crippen LogP contribution in [0.25, 0.3) is 0 Å². The Bertz CT molecular complexity index is 346. The Morgan fingerprint density at radius 1 is 1.33 bits per heavy atom. The van der Waals surface area contributed by atoms with Gasteiger partial charge in [-0.3, -0.25) is 4.90 Å². The maximum atomic E-state index is 11.2. The van der Waals surface area contributed by atoms with E-state index in [-0.39, 0.29) is 18.2 Å². The molecule has 1 N–H and O–H groups in total. The summed E-state index contributed by atoms with van der Waals surface area (Å²) in [5.74, 6) is 0. The number of nitrogens with zero attached hydrogens (tertiary/aromatic N) is 1. The number of carboxylic acid groups (broad SMARTS) is 1. The van der Waals surface area contributed by atoms with Crippen molar-refractivity contribution < 1.29 is 14.3 Å². The molecule has 0 aromatic heterocycles. The fraction of sp³-hybridized carbons (Fsp3) is 0.769. The van der Waals surface area contributed by atoms with Gasteiger partial charge in [0.1, 0.15) is 0 Å². The molecule has 102 valence electrons. The van der Waals surface area contributed by atoms with E-state index in [2.05, 4.69) is 20.8 Å². The third-order valence-corrected chi connectivity index (χ3v) is 9.29. The number of rotatable bonds is 5. The van der Waals surface area contributed by atoms with E-state index in [0.717, 1.165) is 24.6 Å². The zero-order chi connectivity index (χ0) is 13.3. The van der Waals surface area contributed by atoms with Crippen molar-refractivity contribution >= 4 is 14.4 Å². The SMILES string of the molecule is CC[Si](CC)(CC)O[C@H]1C[C@H]2C=C[C@@H]1N2C(=O)O. The fourth-order valence-electron chi connectivity index (χ4n) is 3.23. The third-order valence-electron chi connectivity index (χ3n) is 4.62. The maximum Gasteiger partial charge on any atom is 0.408 e. The maximum absolute atomic E-state index is 11.2. The Hall–Kier alpha value is -0.813. The highest BCUT2D eigenvalue weighted by Crippen LogP contribution is 2.37. The monoisotopic (exact) mass is 269 g/mol. The fourth-order valence-corrected chi connectivity index (χ4v) is 6.11. The molecule has 1 fully saturated rings. The number of fused-ring (bicyclic) bond motifs is 2. The first-order valence-electron chi connectivity index (χ1n) is 6.94. The zero-order valence-corrected chi connectivity index (χ0v) is 12.4. The lowest BCUT2D eigenvalue weighted by Crippen LogP contribution is -2.45. The predicted octanol–water partition coefficient (Wildman–Crippen LogP) is 3.07. The van der Waals surface area contributed by atoms with Crippen molar-refractivity contribution in [2.24, 2.45) is 0 Å². The van der Waals surface area contributed by atoms with Crippen molar-refractivity contribution in [3.63, 3.8) is 0 Å². The van der Waals surface area contributed by atoms with Crippen LogP contribution in [0.1, 0.15) is 27.2 Å². The molecule has 0 spiro atoms. The Morgan fingerprint density at radius 3 is 2.39 bits per heavy atom. The van der Waals surface area contributed by atoms with Crippen molar-refractivity contribution in [3.8, 4) is 0 Å². The minimum atomic E-state index is -1.64. The summed E-state index contributed by atoms with van der Waals surface area (Å²) >= 11 is 0. The Labute approximate surface area is 110 Å². The van der Waals surface area contributed by atoms with Gasteiger partial charge in [-0.25, -0.2) is 4.79 Å². The van der Waals surface area contributed by atoms with Crippen molar-refractivity contribution in [2.75, 3.05) is 0 Å². The van der Waals surface area contributed by atoms with Gasteiger partial charge < -0.3 is 9.53 Å². The van der Waals surface area contributed by atoms with Crippen LogP contribution in [0.4, 0.5) is 4.79 Å². The zero-order valence-electron chi connectivity index (χ0n) is 11.4. The van der Waals surface area contributed by atoms with E-state index in [1.54, 1.807) is 4.90 Å². The van der Waals surface area contributed by atoms with Gasteiger partial charge >= 0.3 is 6.09 Å². The van der Waals surface area contributed by atoms with Crippen LogP contribution >= 0.6 is 0 Å². The topological polar surface area (TPSA) is 49.8 Å². The molecule has 1 saturated heterocycles. The van der Waals surface area contributed by atoms with Crippen molar-refractivity contribution in [1.82, 2.24) is 4.90 Å². The molecule has 0 aromatic rings. The number of amides is 1. The second kappa shape index (κ2) is 5.05. The standard InChI is InChI=1S/C13H23NO3Si/c1-4-18(5-2,6-3)17-12-9-10-7-8-11(12)14(10)13(15)16/h7-8,10-12H,4-6,9H2,1-3H3,(H,15,16)/t10-,11+,12+/m1/s1. The molecule has 18 heavy (non-hydrogen) atoms. The third kappa shape index (κ3) is 2.10. The molecular formula is C13H23NO3Si. The normalized spacial score (nSPS) is 30.2. The molecule has 1 amide bonds. The molecule has 5 heteroatoms. The van der Waals surface area contributed by atoms with Gasteiger partial charge in [-0.2, -0.15) is 0 Å². The lowest BCUT2D eigenvalue weighted by Gasteiger charge is -2.34. The summed E-state index contributed by atoms with van der Waals surface area (Å²) < 4.78 is 6.44. The van der Waals surface area contributed by atoms with Crippen LogP contribution in [0.5, 0.6) is 0 Å². The largest absolute Gasteiger partial charge is 0.465 e. The minimum Gasteiger partial charge on any atom is -0.465 e. The van der Waals surface area contributed by atoms with Gasteiger partial charge in [-0.15, -0.1) is 0 Å². The van der Waals surface area contributed by atoms with Crippen LogP contribution < -0.4 is 0 Å². The van der Waals surface area contributed by atoms with E-state index in [1.165, 1.54) is 0 Å². The Morgan fingerprint density at radius 2 is 1.94 bits per heavy atom. The summed E-state index contributed by atoms with van der Waals surface area (Å²) in [6.45, 7) is 6.62. The van der Waals surface area contributed by atoms with Crippen molar-refractivity contribution in [2.45, 2.75) is 63.5 Å². The van der Waals surface area contributed by atoms with Gasteiger partial charge in [0.25, 0.3) is 0 Å². The molecule has 0 radical (unpaired) electrons. The number of hydrogen-bond acceptors (Lipinski definition) is 2. The summed E-state index contributed by atoms with van der Waals surface area (Å²) in [6, 6.07) is 3.33. The van der Waals surface area contributed by atoms with Crippen LogP contribution in [0.2, 0.25) is 18.1 Å². The highest BCUT2D eigenvalue weighted by Gasteiger charge is 2.48. The molecule has 2 aliphatic heterocycles. The van der Waals surface area contributed by atoms with E-state index < -0.39 is 14.4 Å². The summed E-state index contributed by atoms with van der Waals surface area (Å²) in [7, 11) is -1.64. The molecule has 0 unspecified atom stereocenters. The Balaban J connectivity index is 2.09. The van der Waals surface area contributed by atoms with E-state index in [0.29, 0.717) is 0 Å². The van der Waals surface area contributed by atoms with Crippen molar-refractivity contribution in [1.29, 1.82) is 0 Å². The predicted molar refractivity (Wildman–Crippen MR) is 73.3 cm³/mol. The van der Waals surface area contributed by atoms with Gasteiger partial charge in [0.15, 0.2) is 8.32 Å². The molecule has 0 aliphatic carbocycles. The second-order valence-corrected chi connectivity index (χ2v) is 9.99. The van der Waals surface area contributed by atoms with E-state index >= 15 is 0 Å². The highest BCUT2D eigenvalue weighted by atomic mass is 28.4. The molecule has 4 nitrogen and oxygen atoms in total. The van der Waals surface area contributed by atoms with Gasteiger partial charge in [0.05, 0.1) is 18.2 Å². The first kappa shape index (κ1) is 13.6. The molecular weight excluding hydrogens is 246 g/mol. The van der Waals surface area contributed by atoms with Gasteiger partial charge in [0.2, 0.25) is 0 Å². The number of carbonyl (C=O) groups is 1. The van der Waals surface area contributed by atoms with Gasteiger partial charge in [-0.1, -0.05) is 32.9 Å². The molecule has 2 heterocycles. The molecule has 0 saturated carbocycles. The van der Waals surface area contributed by atoms with Gasteiger partial charge in [-0.05, 0) is 24.6 Å². The van der Waals surface area contributed by atoms with Crippen LogP contribution in [-0.2, 0) is 4.43 Å². The molecule has 0 aromatic carbocycles. The first-order valence-corrected chi connectivity index (χ1v) is 9.47. The lowest BCUT2D eigenvalue weighted by molar-refractivity contribution is 0.123. The van der Waals surface area contributed by atoms with E-state index in [4.69, 9.17) is 4.43 Å². The highest BCUT2D eigenvalue weighted by molar-refractivity contribution is 6.73. The average Bonchev–Trinajstić information content (AvgIpc) is 2.93. The Kier molecular flexibility index (Phi) is 3.82.